The molecule has 3 atom stereocenters. The van der Waals surface area contributed by atoms with E-state index in [-0.39, 0.29) is 49.3 Å². The molecule has 35 heavy (non-hydrogen) atoms. The summed E-state index contributed by atoms with van der Waals surface area (Å²) in [4.78, 5) is 36.2. The highest BCUT2D eigenvalue weighted by atomic mass is 16.5. The van der Waals surface area contributed by atoms with Crippen LogP contribution in [0.2, 0.25) is 0 Å². The number of carboxylic acids is 1. The van der Waals surface area contributed by atoms with Crippen LogP contribution in [-0.4, -0.2) is 41.8 Å². The third-order valence-corrected chi connectivity index (χ3v) is 7.10. The summed E-state index contributed by atoms with van der Waals surface area (Å²) in [6, 6.07) is 16.1. The fourth-order valence-corrected chi connectivity index (χ4v) is 5.53. The van der Waals surface area contributed by atoms with Gasteiger partial charge in [-0.15, -0.1) is 0 Å². The van der Waals surface area contributed by atoms with Crippen LogP contribution in [0, 0.1) is 5.92 Å². The van der Waals surface area contributed by atoms with E-state index >= 15 is 0 Å². The minimum atomic E-state index is -0.794. The lowest BCUT2D eigenvalue weighted by Crippen LogP contribution is -2.41. The molecule has 1 unspecified atom stereocenters. The van der Waals surface area contributed by atoms with Crippen molar-refractivity contribution in [1.29, 1.82) is 0 Å². The molecule has 1 fully saturated rings. The van der Waals surface area contributed by atoms with Crippen LogP contribution in [0.15, 0.2) is 48.5 Å². The van der Waals surface area contributed by atoms with Crippen LogP contribution in [0.25, 0.3) is 11.1 Å². The van der Waals surface area contributed by atoms with E-state index in [4.69, 9.17) is 9.84 Å². The number of nitrogens with one attached hydrogen (secondary N) is 2. The van der Waals surface area contributed by atoms with Gasteiger partial charge in [-0.2, -0.15) is 0 Å². The van der Waals surface area contributed by atoms with Gasteiger partial charge in [0.05, 0.1) is 0 Å². The number of amides is 2. The summed E-state index contributed by atoms with van der Waals surface area (Å²) in [5.41, 5.74) is 4.66. The van der Waals surface area contributed by atoms with Crippen LogP contribution in [0.1, 0.15) is 68.9 Å². The van der Waals surface area contributed by atoms with Gasteiger partial charge in [-0.1, -0.05) is 61.9 Å². The first-order valence-electron chi connectivity index (χ1n) is 12.6. The van der Waals surface area contributed by atoms with Crippen molar-refractivity contribution in [3.8, 4) is 11.1 Å². The number of hydrogen-bond donors (Lipinski definition) is 3. The molecular weight excluding hydrogens is 444 g/mol. The second-order valence-corrected chi connectivity index (χ2v) is 9.70. The lowest BCUT2D eigenvalue weighted by atomic mass is 9.98. The first-order valence-corrected chi connectivity index (χ1v) is 12.6. The van der Waals surface area contributed by atoms with Crippen molar-refractivity contribution in [2.45, 2.75) is 69.9 Å². The van der Waals surface area contributed by atoms with Crippen molar-refractivity contribution < 1.29 is 24.2 Å². The first kappa shape index (κ1) is 24.8. The molecule has 0 aromatic heterocycles. The van der Waals surface area contributed by atoms with Crippen molar-refractivity contribution in [3.05, 3.63) is 59.7 Å². The number of carbonyl (C=O) groups is 3. The molecular formula is C28H34N2O5. The lowest BCUT2D eigenvalue weighted by molar-refractivity contribution is -0.138. The Bertz CT molecular complexity index is 1020. The normalized spacial score (nSPS) is 19.5. The van der Waals surface area contributed by atoms with Crippen LogP contribution in [0.3, 0.4) is 0 Å². The van der Waals surface area contributed by atoms with E-state index in [2.05, 4.69) is 34.9 Å². The third-order valence-electron chi connectivity index (χ3n) is 7.10. The van der Waals surface area contributed by atoms with Crippen molar-refractivity contribution in [1.82, 2.24) is 10.6 Å². The van der Waals surface area contributed by atoms with E-state index in [1.54, 1.807) is 0 Å². The van der Waals surface area contributed by atoms with Crippen LogP contribution in [0.4, 0.5) is 4.79 Å². The van der Waals surface area contributed by atoms with Gasteiger partial charge >= 0.3 is 12.1 Å². The third kappa shape index (κ3) is 6.21. The van der Waals surface area contributed by atoms with E-state index in [0.717, 1.165) is 30.4 Å². The van der Waals surface area contributed by atoms with Crippen LogP contribution in [0.5, 0.6) is 0 Å². The summed E-state index contributed by atoms with van der Waals surface area (Å²) < 4.78 is 5.65. The summed E-state index contributed by atoms with van der Waals surface area (Å²) >= 11 is 0. The minimum absolute atomic E-state index is 0.00332. The maximum absolute atomic E-state index is 12.7. The Morgan fingerprint density at radius 3 is 2.31 bits per heavy atom. The Labute approximate surface area is 206 Å². The molecule has 0 saturated heterocycles. The van der Waals surface area contributed by atoms with Gasteiger partial charge in [-0.25, -0.2) is 4.79 Å². The molecule has 3 N–H and O–H groups in total. The summed E-state index contributed by atoms with van der Waals surface area (Å²) in [7, 11) is 0. The highest BCUT2D eigenvalue weighted by molar-refractivity contribution is 5.79. The number of rotatable bonds is 10. The maximum atomic E-state index is 12.7. The van der Waals surface area contributed by atoms with E-state index in [0.29, 0.717) is 12.8 Å². The predicted molar refractivity (Wildman–Crippen MR) is 133 cm³/mol. The molecule has 2 aromatic rings. The molecule has 7 heteroatoms. The number of ether oxygens (including phenoxy) is 1. The number of aliphatic carboxylic acids is 1. The average molecular weight is 479 g/mol. The Morgan fingerprint density at radius 1 is 1.03 bits per heavy atom. The van der Waals surface area contributed by atoms with Crippen molar-refractivity contribution in [2.75, 3.05) is 6.61 Å². The van der Waals surface area contributed by atoms with Crippen molar-refractivity contribution >= 4 is 18.0 Å². The van der Waals surface area contributed by atoms with Gasteiger partial charge in [0.2, 0.25) is 5.91 Å². The molecule has 0 radical (unpaired) electrons. The molecule has 2 amide bonds. The fourth-order valence-electron chi connectivity index (χ4n) is 5.53. The molecule has 2 aliphatic carbocycles. The topological polar surface area (TPSA) is 105 Å². The largest absolute Gasteiger partial charge is 0.481 e. The van der Waals surface area contributed by atoms with E-state index < -0.39 is 12.1 Å². The Hall–Kier alpha value is -3.35. The summed E-state index contributed by atoms with van der Waals surface area (Å²) in [5.74, 6) is -0.814. The molecule has 7 nitrogen and oxygen atoms in total. The number of carboxylic acid groups (broad SMARTS) is 1. The Morgan fingerprint density at radius 2 is 1.69 bits per heavy atom. The van der Waals surface area contributed by atoms with Crippen LogP contribution >= 0.6 is 0 Å². The number of benzene rings is 2. The van der Waals surface area contributed by atoms with E-state index in [1.807, 2.05) is 31.2 Å². The van der Waals surface area contributed by atoms with Crippen LogP contribution in [-0.2, 0) is 14.3 Å². The molecule has 0 aliphatic heterocycles. The van der Waals surface area contributed by atoms with Crippen molar-refractivity contribution in [2.24, 2.45) is 5.92 Å². The number of fused-ring (bicyclic) bond motifs is 3. The minimum Gasteiger partial charge on any atom is -0.481 e. The molecule has 4 rings (SSSR count). The van der Waals surface area contributed by atoms with Gasteiger partial charge < -0.3 is 20.5 Å². The smallest absolute Gasteiger partial charge is 0.407 e. The molecule has 1 saturated carbocycles. The van der Waals surface area contributed by atoms with Gasteiger partial charge in [0.15, 0.2) is 0 Å². The zero-order chi connectivity index (χ0) is 24.8. The first-order chi connectivity index (χ1) is 16.9. The zero-order valence-corrected chi connectivity index (χ0v) is 20.2. The number of carbonyl (C=O) groups excluding carboxylic acids is 2. The Kier molecular flexibility index (Phi) is 8.06. The second kappa shape index (κ2) is 11.4. The molecule has 2 aliphatic rings. The van der Waals surface area contributed by atoms with Gasteiger partial charge in [0, 0.05) is 30.8 Å². The molecule has 0 heterocycles. The SMILES string of the molecule is CCCC(CC(=O)N[C@@H]1CC[C@H](CC(=O)O)C1)NC(=O)OCC1c2ccccc2-c2ccccc21. The predicted octanol–water partition coefficient (Wildman–Crippen LogP) is 4.84. The summed E-state index contributed by atoms with van der Waals surface area (Å²) in [6.07, 6.45) is 3.61. The monoisotopic (exact) mass is 478 g/mol. The van der Waals surface area contributed by atoms with E-state index in [1.165, 1.54) is 11.1 Å². The van der Waals surface area contributed by atoms with Gasteiger partial charge in [0.1, 0.15) is 6.61 Å². The van der Waals surface area contributed by atoms with Gasteiger partial charge in [-0.3, -0.25) is 9.59 Å². The fraction of sp³-hybridized carbons (Fsp3) is 0.464. The molecule has 0 spiro atoms. The summed E-state index contributed by atoms with van der Waals surface area (Å²) in [5, 5.41) is 14.9. The van der Waals surface area contributed by atoms with E-state index in [9.17, 15) is 14.4 Å². The van der Waals surface area contributed by atoms with Crippen LogP contribution < -0.4 is 10.6 Å². The van der Waals surface area contributed by atoms with Crippen molar-refractivity contribution in [3.63, 3.8) is 0 Å². The standard InChI is InChI=1S/C28H34N2O5/c1-2-7-19(16-26(31)29-20-13-12-18(14-20)15-27(32)33)30-28(34)35-17-25-23-10-5-3-8-21(23)22-9-4-6-11-24(22)25/h3-6,8-11,18-20,25H,2,7,12-17H2,1H3,(H,29,31)(H,30,34)(H,32,33)/t18-,19?,20+/m0/s1. The highest BCUT2D eigenvalue weighted by Crippen LogP contribution is 2.44. The Balaban J connectivity index is 1.28. The quantitative estimate of drug-likeness (QED) is 0.453. The van der Waals surface area contributed by atoms with Gasteiger partial charge in [0.25, 0.3) is 0 Å². The molecule has 186 valence electrons. The lowest BCUT2D eigenvalue weighted by Gasteiger charge is -2.20. The molecule has 0 bridgehead atoms. The second-order valence-electron chi connectivity index (χ2n) is 9.70. The molecule has 2 aromatic carbocycles. The zero-order valence-electron chi connectivity index (χ0n) is 20.2. The number of hydrogen-bond acceptors (Lipinski definition) is 4. The average Bonchev–Trinajstić information content (AvgIpc) is 3.39. The maximum Gasteiger partial charge on any atom is 0.407 e. The number of alkyl carbamates (subject to hydrolysis) is 1. The summed E-state index contributed by atoms with van der Waals surface area (Å²) in [6.45, 7) is 2.25. The highest BCUT2D eigenvalue weighted by Gasteiger charge is 2.30. The van der Waals surface area contributed by atoms with Gasteiger partial charge in [-0.05, 0) is 53.9 Å².